The summed E-state index contributed by atoms with van der Waals surface area (Å²) < 4.78 is 12.6. The normalized spacial score (nSPS) is 15.0. The van der Waals surface area contributed by atoms with E-state index >= 15 is 0 Å². The lowest BCUT2D eigenvalue weighted by atomic mass is 9.86. The third-order valence-electron chi connectivity index (χ3n) is 5.88. The standard InChI is InChI=1S/C26H26N6O3/c1-15(2)35-20-11-5-17(6-12-20)21-13-23(33)29-25-24(21)16(3)31-32(25)26-28-22(14-27-30-26)18-7-9-19(34-4)10-8-18/h5-12,14-15,21H,13H2,1-4H3,(H,29,33)/t21-/m0/s1. The summed E-state index contributed by atoms with van der Waals surface area (Å²) in [6, 6.07) is 15.4. The quantitative estimate of drug-likeness (QED) is 0.448. The van der Waals surface area contributed by atoms with Crippen LogP contribution in [0, 0.1) is 6.92 Å². The minimum atomic E-state index is -0.140. The number of carbonyl (C=O) groups is 1. The molecule has 3 heterocycles. The third kappa shape index (κ3) is 4.44. The number of nitrogens with zero attached hydrogens (tertiary/aromatic N) is 5. The topological polar surface area (TPSA) is 104 Å². The van der Waals surface area contributed by atoms with Crippen molar-refractivity contribution >= 4 is 11.7 Å². The number of methoxy groups -OCH3 is 1. The molecule has 1 N–H and O–H groups in total. The van der Waals surface area contributed by atoms with E-state index in [0.29, 0.717) is 17.9 Å². The van der Waals surface area contributed by atoms with Gasteiger partial charge < -0.3 is 14.8 Å². The molecule has 2 aromatic heterocycles. The Morgan fingerprint density at radius 3 is 2.46 bits per heavy atom. The Kier molecular flexibility index (Phi) is 5.90. The second kappa shape index (κ2) is 9.17. The van der Waals surface area contributed by atoms with Crippen molar-refractivity contribution < 1.29 is 14.3 Å². The third-order valence-corrected chi connectivity index (χ3v) is 5.88. The number of amides is 1. The summed E-state index contributed by atoms with van der Waals surface area (Å²) in [6.07, 6.45) is 2.02. The molecule has 0 saturated heterocycles. The van der Waals surface area contributed by atoms with Gasteiger partial charge in [0.15, 0.2) is 0 Å². The van der Waals surface area contributed by atoms with Crippen molar-refractivity contribution in [2.75, 3.05) is 12.4 Å². The first-order valence-electron chi connectivity index (χ1n) is 11.4. The zero-order valence-electron chi connectivity index (χ0n) is 20.0. The lowest BCUT2D eigenvalue weighted by Crippen LogP contribution is -2.25. The predicted molar refractivity (Wildman–Crippen MR) is 131 cm³/mol. The lowest BCUT2D eigenvalue weighted by molar-refractivity contribution is -0.116. The van der Waals surface area contributed by atoms with Crippen LogP contribution in [0.5, 0.6) is 11.5 Å². The first-order chi connectivity index (χ1) is 16.9. The van der Waals surface area contributed by atoms with Crippen molar-refractivity contribution in [1.82, 2.24) is 25.0 Å². The number of benzene rings is 2. The number of rotatable bonds is 6. The van der Waals surface area contributed by atoms with Crippen molar-refractivity contribution in [3.05, 3.63) is 71.5 Å². The molecule has 1 aliphatic rings. The molecule has 35 heavy (non-hydrogen) atoms. The van der Waals surface area contributed by atoms with Gasteiger partial charge in [0.25, 0.3) is 5.95 Å². The number of hydrogen-bond acceptors (Lipinski definition) is 7. The average molecular weight is 471 g/mol. The van der Waals surface area contributed by atoms with Gasteiger partial charge in [-0.3, -0.25) is 4.79 Å². The molecule has 1 amide bonds. The number of aromatic nitrogens is 5. The van der Waals surface area contributed by atoms with Crippen LogP contribution in [0.4, 0.5) is 5.82 Å². The lowest BCUT2D eigenvalue weighted by Gasteiger charge is -2.24. The zero-order valence-corrected chi connectivity index (χ0v) is 20.0. The molecular formula is C26H26N6O3. The molecule has 9 heteroatoms. The fourth-order valence-corrected chi connectivity index (χ4v) is 4.31. The zero-order chi connectivity index (χ0) is 24.5. The largest absolute Gasteiger partial charge is 0.497 e. The van der Waals surface area contributed by atoms with E-state index in [1.807, 2.05) is 69.3 Å². The Hall–Kier alpha value is -4.27. The summed E-state index contributed by atoms with van der Waals surface area (Å²) in [5, 5.41) is 16.0. The molecular weight excluding hydrogens is 444 g/mol. The van der Waals surface area contributed by atoms with Gasteiger partial charge in [0.2, 0.25) is 5.91 Å². The van der Waals surface area contributed by atoms with E-state index in [1.165, 1.54) is 0 Å². The molecule has 5 rings (SSSR count). The van der Waals surface area contributed by atoms with Crippen molar-refractivity contribution in [2.45, 2.75) is 39.2 Å². The molecule has 178 valence electrons. The Morgan fingerprint density at radius 2 is 1.77 bits per heavy atom. The first kappa shape index (κ1) is 22.5. The summed E-state index contributed by atoms with van der Waals surface area (Å²) in [4.78, 5) is 17.4. The van der Waals surface area contributed by atoms with Crippen LogP contribution in [0.2, 0.25) is 0 Å². The van der Waals surface area contributed by atoms with Crippen LogP contribution in [0.25, 0.3) is 17.2 Å². The minimum Gasteiger partial charge on any atom is -0.497 e. The highest BCUT2D eigenvalue weighted by Gasteiger charge is 2.33. The Bertz CT molecular complexity index is 1360. The van der Waals surface area contributed by atoms with Crippen molar-refractivity contribution in [3.63, 3.8) is 0 Å². The van der Waals surface area contributed by atoms with Gasteiger partial charge in [-0.2, -0.15) is 14.9 Å². The van der Waals surface area contributed by atoms with E-state index in [0.717, 1.165) is 33.9 Å². The number of anilines is 1. The van der Waals surface area contributed by atoms with E-state index in [4.69, 9.17) is 9.47 Å². The fourth-order valence-electron chi connectivity index (χ4n) is 4.31. The average Bonchev–Trinajstić information content (AvgIpc) is 3.20. The van der Waals surface area contributed by atoms with Gasteiger partial charge in [-0.15, -0.1) is 5.10 Å². The molecule has 0 fully saturated rings. The number of carbonyl (C=O) groups excluding carboxylic acids is 1. The van der Waals surface area contributed by atoms with E-state index < -0.39 is 0 Å². The van der Waals surface area contributed by atoms with E-state index in [9.17, 15) is 4.79 Å². The van der Waals surface area contributed by atoms with E-state index in [-0.39, 0.29) is 23.9 Å². The molecule has 0 aliphatic carbocycles. The number of aryl methyl sites for hydroxylation is 1. The first-order valence-corrected chi connectivity index (χ1v) is 11.4. The van der Waals surface area contributed by atoms with Crippen LogP contribution in [0.15, 0.2) is 54.7 Å². The smallest absolute Gasteiger partial charge is 0.272 e. The summed E-state index contributed by atoms with van der Waals surface area (Å²) in [5.41, 5.74) is 4.27. The molecule has 9 nitrogen and oxygen atoms in total. The Labute approximate surface area is 203 Å². The molecule has 2 aromatic carbocycles. The van der Waals surface area contributed by atoms with Gasteiger partial charge in [0, 0.05) is 23.5 Å². The van der Waals surface area contributed by atoms with Gasteiger partial charge in [0.05, 0.1) is 30.8 Å². The highest BCUT2D eigenvalue weighted by atomic mass is 16.5. The Balaban J connectivity index is 1.52. The van der Waals surface area contributed by atoms with Crippen LogP contribution in [-0.2, 0) is 4.79 Å². The van der Waals surface area contributed by atoms with Crippen molar-refractivity contribution in [1.29, 1.82) is 0 Å². The van der Waals surface area contributed by atoms with Gasteiger partial charge in [-0.1, -0.05) is 12.1 Å². The SMILES string of the molecule is COc1ccc(-c2cnnc(-n3nc(C)c4c3NC(=O)C[C@H]4c3ccc(OC(C)C)cc3)n2)cc1. The van der Waals surface area contributed by atoms with Gasteiger partial charge in [0.1, 0.15) is 17.3 Å². The molecule has 0 bridgehead atoms. The second-order valence-corrected chi connectivity index (χ2v) is 8.67. The molecule has 0 unspecified atom stereocenters. The van der Waals surface area contributed by atoms with Gasteiger partial charge in [-0.05, 0) is 62.7 Å². The maximum absolute atomic E-state index is 12.7. The fraction of sp³-hybridized carbons (Fsp3) is 0.269. The summed E-state index contributed by atoms with van der Waals surface area (Å²) in [6.45, 7) is 5.91. The van der Waals surface area contributed by atoms with Crippen LogP contribution in [0.1, 0.15) is 43.0 Å². The van der Waals surface area contributed by atoms with E-state index in [1.54, 1.807) is 18.0 Å². The minimum absolute atomic E-state index is 0.0922. The maximum atomic E-state index is 12.7. The highest BCUT2D eigenvalue weighted by Crippen LogP contribution is 2.40. The molecule has 1 atom stereocenters. The van der Waals surface area contributed by atoms with Crippen LogP contribution in [-0.4, -0.2) is 44.1 Å². The second-order valence-electron chi connectivity index (χ2n) is 8.67. The Morgan fingerprint density at radius 1 is 1.06 bits per heavy atom. The van der Waals surface area contributed by atoms with Crippen molar-refractivity contribution in [2.24, 2.45) is 0 Å². The van der Waals surface area contributed by atoms with Crippen LogP contribution >= 0.6 is 0 Å². The predicted octanol–water partition coefficient (Wildman–Crippen LogP) is 4.30. The highest BCUT2D eigenvalue weighted by molar-refractivity contribution is 5.95. The number of fused-ring (bicyclic) bond motifs is 1. The van der Waals surface area contributed by atoms with E-state index in [2.05, 4.69) is 25.6 Å². The summed E-state index contributed by atoms with van der Waals surface area (Å²) in [5.74, 6) is 2.17. The maximum Gasteiger partial charge on any atom is 0.272 e. The van der Waals surface area contributed by atoms with Crippen molar-refractivity contribution in [3.8, 4) is 28.7 Å². The molecule has 0 radical (unpaired) electrons. The van der Waals surface area contributed by atoms with Gasteiger partial charge >= 0.3 is 0 Å². The molecule has 4 aromatic rings. The summed E-state index contributed by atoms with van der Waals surface area (Å²) >= 11 is 0. The number of nitrogens with one attached hydrogen (secondary N) is 1. The van der Waals surface area contributed by atoms with Crippen LogP contribution < -0.4 is 14.8 Å². The monoisotopic (exact) mass is 470 g/mol. The molecule has 0 saturated carbocycles. The molecule has 1 aliphatic heterocycles. The van der Waals surface area contributed by atoms with Gasteiger partial charge in [-0.25, -0.2) is 4.98 Å². The summed E-state index contributed by atoms with van der Waals surface area (Å²) in [7, 11) is 1.62. The van der Waals surface area contributed by atoms with Crippen LogP contribution in [0.3, 0.4) is 0 Å². The molecule has 0 spiro atoms. The number of ether oxygens (including phenoxy) is 2. The number of hydrogen-bond donors (Lipinski definition) is 1.